The molecule has 1 fully saturated rings. The van der Waals surface area contributed by atoms with Gasteiger partial charge < -0.3 is 10.5 Å². The summed E-state index contributed by atoms with van der Waals surface area (Å²) < 4.78 is 18.7. The zero-order chi connectivity index (χ0) is 15.2. The van der Waals surface area contributed by atoms with E-state index in [9.17, 15) is 4.39 Å². The summed E-state index contributed by atoms with van der Waals surface area (Å²) in [7, 11) is 0. The maximum atomic E-state index is 12.9. The Balaban J connectivity index is 2.07. The van der Waals surface area contributed by atoms with E-state index < -0.39 is 11.7 Å². The van der Waals surface area contributed by atoms with Crippen molar-refractivity contribution < 1.29 is 9.13 Å². The van der Waals surface area contributed by atoms with Gasteiger partial charge in [0, 0.05) is 30.8 Å². The first-order valence-electron chi connectivity index (χ1n) is 6.89. The van der Waals surface area contributed by atoms with Crippen molar-refractivity contribution >= 4 is 22.4 Å². The molecule has 1 saturated carbocycles. The van der Waals surface area contributed by atoms with Crippen LogP contribution in [-0.2, 0) is 5.54 Å². The Morgan fingerprint density at radius 2 is 2.00 bits per heavy atom. The molecule has 2 aromatic heterocycles. The summed E-state index contributed by atoms with van der Waals surface area (Å²) in [5.41, 5.74) is 6.49. The highest BCUT2D eigenvalue weighted by Gasteiger charge is 2.32. The number of fused-ring (bicyclic) bond motifs is 1. The van der Waals surface area contributed by atoms with E-state index in [-0.39, 0.29) is 6.10 Å². The van der Waals surface area contributed by atoms with E-state index in [1.54, 1.807) is 18.5 Å². The molecule has 1 aliphatic rings. The van der Waals surface area contributed by atoms with Crippen molar-refractivity contribution in [3.05, 3.63) is 29.2 Å². The minimum atomic E-state index is -0.768. The van der Waals surface area contributed by atoms with Gasteiger partial charge in [-0.2, -0.15) is 0 Å². The number of hydrogen-bond donors (Lipinski definition) is 1. The van der Waals surface area contributed by atoms with E-state index in [2.05, 4.69) is 9.97 Å². The molecule has 0 unspecified atom stereocenters. The molecule has 0 spiro atoms. The van der Waals surface area contributed by atoms with Crippen LogP contribution >= 0.6 is 11.6 Å². The van der Waals surface area contributed by atoms with Crippen LogP contribution in [0, 0.1) is 0 Å². The van der Waals surface area contributed by atoms with Crippen LogP contribution in [0.15, 0.2) is 18.5 Å². The molecule has 0 amide bonds. The highest BCUT2D eigenvalue weighted by Crippen LogP contribution is 2.35. The summed E-state index contributed by atoms with van der Waals surface area (Å²) in [5.74, 6) is 0.457. The normalized spacial score (nSPS) is 22.1. The molecular weight excluding hydrogens is 293 g/mol. The van der Waals surface area contributed by atoms with Crippen LogP contribution in [0.4, 0.5) is 4.39 Å². The monoisotopic (exact) mass is 309 g/mol. The summed E-state index contributed by atoms with van der Waals surface area (Å²) in [6.07, 6.45) is 3.25. The minimum absolute atomic E-state index is 0.122. The average Bonchev–Trinajstić information content (AvgIpc) is 2.35. The summed E-state index contributed by atoms with van der Waals surface area (Å²) in [6, 6.07) is 1.76. The van der Waals surface area contributed by atoms with Crippen molar-refractivity contribution in [3.8, 4) is 5.88 Å². The molecule has 2 aromatic rings. The highest BCUT2D eigenvalue weighted by molar-refractivity contribution is 6.30. The number of nitrogens with two attached hydrogens (primary N) is 1. The fraction of sp³-hybridized carbons (Fsp3) is 0.467. The number of halogens is 2. The second-order valence-corrected chi connectivity index (χ2v) is 6.45. The van der Waals surface area contributed by atoms with Gasteiger partial charge in [0.1, 0.15) is 17.4 Å². The lowest BCUT2D eigenvalue weighted by molar-refractivity contribution is 0.0389. The molecule has 0 aliphatic heterocycles. The van der Waals surface area contributed by atoms with Crippen LogP contribution in [0.1, 0.15) is 32.3 Å². The molecule has 0 saturated heterocycles. The second kappa shape index (κ2) is 5.07. The highest BCUT2D eigenvalue weighted by atomic mass is 35.5. The molecule has 2 heterocycles. The van der Waals surface area contributed by atoms with Crippen molar-refractivity contribution in [2.24, 2.45) is 5.73 Å². The molecule has 0 aromatic carbocycles. The molecule has 3 rings (SSSR count). The van der Waals surface area contributed by atoms with Crippen molar-refractivity contribution in [3.63, 3.8) is 0 Å². The summed E-state index contributed by atoms with van der Waals surface area (Å²) >= 11 is 5.99. The Kier molecular flexibility index (Phi) is 3.50. The van der Waals surface area contributed by atoms with Crippen LogP contribution in [0.3, 0.4) is 0 Å². The quantitative estimate of drug-likeness (QED) is 0.883. The lowest BCUT2D eigenvalue weighted by Crippen LogP contribution is -2.35. The average molecular weight is 310 g/mol. The van der Waals surface area contributed by atoms with E-state index in [0.29, 0.717) is 23.9 Å². The fourth-order valence-electron chi connectivity index (χ4n) is 2.45. The largest absolute Gasteiger partial charge is 0.474 e. The van der Waals surface area contributed by atoms with Crippen molar-refractivity contribution in [2.75, 3.05) is 0 Å². The summed E-state index contributed by atoms with van der Waals surface area (Å²) in [6.45, 7) is 3.80. The van der Waals surface area contributed by atoms with E-state index >= 15 is 0 Å². The molecule has 112 valence electrons. The first-order chi connectivity index (χ1) is 9.84. The Hall–Kier alpha value is -1.46. The molecule has 21 heavy (non-hydrogen) atoms. The SMILES string of the molecule is CC(C)(N)c1cnc(O[C@H]2C[C@H](F)C2)c2cnc(Cl)cc12. The lowest BCUT2D eigenvalue weighted by atomic mass is 9.92. The van der Waals surface area contributed by atoms with Crippen LogP contribution in [0.2, 0.25) is 5.15 Å². The van der Waals surface area contributed by atoms with Gasteiger partial charge in [0.2, 0.25) is 5.88 Å². The number of pyridine rings is 2. The smallest absolute Gasteiger partial charge is 0.223 e. The van der Waals surface area contributed by atoms with Crippen LogP contribution < -0.4 is 10.5 Å². The Labute approximate surface area is 127 Å². The van der Waals surface area contributed by atoms with Gasteiger partial charge in [0.15, 0.2) is 0 Å². The van der Waals surface area contributed by atoms with E-state index in [0.717, 1.165) is 16.3 Å². The Morgan fingerprint density at radius 3 is 2.62 bits per heavy atom. The number of ether oxygens (including phenoxy) is 1. The maximum absolute atomic E-state index is 12.9. The predicted molar refractivity (Wildman–Crippen MR) is 80.3 cm³/mol. The van der Waals surface area contributed by atoms with Gasteiger partial charge in [-0.1, -0.05) is 11.6 Å². The molecule has 0 atom stereocenters. The van der Waals surface area contributed by atoms with Crippen LogP contribution in [0.5, 0.6) is 5.88 Å². The van der Waals surface area contributed by atoms with E-state index in [1.807, 2.05) is 13.8 Å². The van der Waals surface area contributed by atoms with Crippen molar-refractivity contribution in [1.82, 2.24) is 9.97 Å². The predicted octanol–water partition coefficient (Wildman–Crippen LogP) is 3.36. The molecular formula is C15H17ClFN3O. The molecule has 6 heteroatoms. The van der Waals surface area contributed by atoms with Crippen molar-refractivity contribution in [2.45, 2.75) is 44.5 Å². The number of aromatic nitrogens is 2. The number of nitrogens with zero attached hydrogens (tertiary/aromatic N) is 2. The zero-order valence-electron chi connectivity index (χ0n) is 11.9. The van der Waals surface area contributed by atoms with Gasteiger partial charge in [-0.3, -0.25) is 0 Å². The molecule has 0 bridgehead atoms. The summed E-state index contributed by atoms with van der Waals surface area (Å²) in [4.78, 5) is 8.43. The van der Waals surface area contributed by atoms with Crippen molar-refractivity contribution in [1.29, 1.82) is 0 Å². The lowest BCUT2D eigenvalue weighted by Gasteiger charge is -2.30. The van der Waals surface area contributed by atoms with E-state index in [1.165, 1.54) is 0 Å². The Bertz CT molecular complexity index is 680. The zero-order valence-corrected chi connectivity index (χ0v) is 12.7. The molecule has 1 aliphatic carbocycles. The van der Waals surface area contributed by atoms with Gasteiger partial charge in [-0.25, -0.2) is 14.4 Å². The Morgan fingerprint density at radius 1 is 1.29 bits per heavy atom. The van der Waals surface area contributed by atoms with Gasteiger partial charge in [-0.05, 0) is 30.9 Å². The van der Waals surface area contributed by atoms with Gasteiger partial charge in [-0.15, -0.1) is 0 Å². The standard InChI is InChI=1S/C15H17ClFN3O/c1-15(2,18)12-7-20-14(21-9-3-8(17)4-9)11-6-19-13(16)5-10(11)12/h5-9H,3-4,18H2,1-2H3/t8-,9-. The minimum Gasteiger partial charge on any atom is -0.474 e. The third-order valence-corrected chi connectivity index (χ3v) is 3.92. The maximum Gasteiger partial charge on any atom is 0.223 e. The molecule has 2 N–H and O–H groups in total. The fourth-order valence-corrected chi connectivity index (χ4v) is 2.61. The first-order valence-corrected chi connectivity index (χ1v) is 7.26. The van der Waals surface area contributed by atoms with Crippen LogP contribution in [0.25, 0.3) is 10.8 Å². The van der Waals surface area contributed by atoms with E-state index in [4.69, 9.17) is 22.1 Å². The third-order valence-electron chi connectivity index (χ3n) is 3.71. The topological polar surface area (TPSA) is 61.0 Å². The van der Waals surface area contributed by atoms with Gasteiger partial charge in [0.25, 0.3) is 0 Å². The van der Waals surface area contributed by atoms with Crippen LogP contribution in [-0.4, -0.2) is 22.2 Å². The van der Waals surface area contributed by atoms with Gasteiger partial charge in [0.05, 0.1) is 5.39 Å². The molecule has 0 radical (unpaired) electrons. The molecule has 4 nitrogen and oxygen atoms in total. The van der Waals surface area contributed by atoms with Gasteiger partial charge >= 0.3 is 0 Å². The third kappa shape index (κ3) is 2.80. The first kappa shape index (κ1) is 14.5. The number of rotatable bonds is 3. The number of alkyl halides is 1. The second-order valence-electron chi connectivity index (χ2n) is 6.06. The number of hydrogen-bond acceptors (Lipinski definition) is 4. The summed E-state index contributed by atoms with van der Waals surface area (Å²) in [5, 5.41) is 2.00.